The Hall–Kier alpha value is -2.58. The molecule has 0 saturated carbocycles. The van der Waals surface area contributed by atoms with Gasteiger partial charge in [0.05, 0.1) is 0 Å². The summed E-state index contributed by atoms with van der Waals surface area (Å²) in [6.45, 7) is 10.7. The van der Waals surface area contributed by atoms with Crippen LogP contribution in [0.15, 0.2) is 84.8 Å². The van der Waals surface area contributed by atoms with Crippen LogP contribution in [0.5, 0.6) is 0 Å². The maximum absolute atomic E-state index is 4.45. The Bertz CT molecular complexity index is 950. The lowest BCUT2D eigenvalue weighted by Gasteiger charge is -2.33. The number of anilines is 1. The number of allylic oxidation sites excluding steroid dienone is 3. The van der Waals surface area contributed by atoms with Crippen LogP contribution in [0.3, 0.4) is 0 Å². The first-order valence-corrected chi connectivity index (χ1v) is 9.70. The van der Waals surface area contributed by atoms with Crippen molar-refractivity contribution in [2.45, 2.75) is 18.8 Å². The van der Waals surface area contributed by atoms with Crippen molar-refractivity contribution in [1.29, 1.82) is 0 Å². The molecule has 0 spiro atoms. The molecule has 1 atom stereocenters. The van der Waals surface area contributed by atoms with Crippen LogP contribution in [0.1, 0.15) is 23.8 Å². The third-order valence-electron chi connectivity index (χ3n) is 5.00. The second-order valence-electron chi connectivity index (χ2n) is 6.66. The summed E-state index contributed by atoms with van der Waals surface area (Å²) in [4.78, 5) is 1.24. The molecule has 0 aliphatic rings. The number of nitrogens with one attached hydrogen (secondary N) is 1. The minimum absolute atomic E-state index is 0.241. The molecule has 1 nitrogen and oxygen atoms in total. The number of thiophene rings is 1. The lowest BCUT2D eigenvalue weighted by molar-refractivity contribution is 0.589. The van der Waals surface area contributed by atoms with Gasteiger partial charge in [0.1, 0.15) is 0 Å². The molecular weight excluding hydrogens is 334 g/mol. The van der Waals surface area contributed by atoms with Gasteiger partial charge in [0.15, 0.2) is 0 Å². The Morgan fingerprint density at radius 3 is 2.65 bits per heavy atom. The summed E-state index contributed by atoms with van der Waals surface area (Å²) >= 11 is 1.73. The van der Waals surface area contributed by atoms with Crippen molar-refractivity contribution >= 4 is 33.9 Å². The average Bonchev–Trinajstić information content (AvgIpc) is 3.18. The van der Waals surface area contributed by atoms with Crippen molar-refractivity contribution in [2.75, 3.05) is 12.4 Å². The zero-order valence-electron chi connectivity index (χ0n) is 15.5. The van der Waals surface area contributed by atoms with Crippen LogP contribution in [0.4, 0.5) is 5.69 Å². The van der Waals surface area contributed by atoms with E-state index >= 15 is 0 Å². The summed E-state index contributed by atoms with van der Waals surface area (Å²) in [7, 11) is 1.98. The first-order chi connectivity index (χ1) is 12.6. The van der Waals surface area contributed by atoms with Crippen LogP contribution < -0.4 is 5.32 Å². The predicted octanol–water partition coefficient (Wildman–Crippen LogP) is 7.05. The van der Waals surface area contributed by atoms with E-state index in [1.807, 2.05) is 13.1 Å². The fourth-order valence-corrected chi connectivity index (χ4v) is 4.13. The Morgan fingerprint density at radius 2 is 1.96 bits per heavy atom. The topological polar surface area (TPSA) is 12.0 Å². The van der Waals surface area contributed by atoms with Crippen LogP contribution >= 0.6 is 11.3 Å². The van der Waals surface area contributed by atoms with Crippen molar-refractivity contribution in [3.05, 3.63) is 95.2 Å². The summed E-state index contributed by atoms with van der Waals surface area (Å²) in [6, 6.07) is 17.1. The fourth-order valence-electron chi connectivity index (χ4n) is 3.51. The highest BCUT2D eigenvalue weighted by Crippen LogP contribution is 2.43. The first-order valence-electron chi connectivity index (χ1n) is 8.82. The van der Waals surface area contributed by atoms with E-state index in [1.165, 1.54) is 21.2 Å². The minimum atomic E-state index is -0.241. The van der Waals surface area contributed by atoms with Gasteiger partial charge in [-0.25, -0.2) is 0 Å². The van der Waals surface area contributed by atoms with Crippen molar-refractivity contribution < 1.29 is 0 Å². The second-order valence-corrected chi connectivity index (χ2v) is 7.64. The van der Waals surface area contributed by atoms with Crippen LogP contribution in [-0.4, -0.2) is 7.05 Å². The highest BCUT2D eigenvalue weighted by atomic mass is 32.1. The largest absolute Gasteiger partial charge is 0.388 e. The van der Waals surface area contributed by atoms with Crippen molar-refractivity contribution in [3.63, 3.8) is 0 Å². The van der Waals surface area contributed by atoms with Gasteiger partial charge in [-0.2, -0.15) is 0 Å². The number of fused-ring (bicyclic) bond motifs is 1. The van der Waals surface area contributed by atoms with E-state index in [0.29, 0.717) is 0 Å². The molecule has 3 aromatic rings. The quantitative estimate of drug-likeness (QED) is 0.352. The molecule has 1 aromatic heterocycles. The van der Waals surface area contributed by atoms with E-state index < -0.39 is 0 Å². The Kier molecular flexibility index (Phi) is 5.43. The van der Waals surface area contributed by atoms with Gasteiger partial charge in [-0.3, -0.25) is 0 Å². The van der Waals surface area contributed by atoms with Gasteiger partial charge in [0.2, 0.25) is 0 Å². The SMILES string of the molecule is C=CCC(C)(C(=C)/C=C/c1cccs1)c1c(NC)ccc2ccccc12. The van der Waals surface area contributed by atoms with Crippen LogP contribution in [0, 0.1) is 0 Å². The van der Waals surface area contributed by atoms with E-state index in [9.17, 15) is 0 Å². The molecule has 0 radical (unpaired) electrons. The fraction of sp³-hybridized carbons (Fsp3) is 0.167. The summed E-state index contributed by atoms with van der Waals surface area (Å²) in [5, 5.41) is 7.97. The molecule has 2 heteroatoms. The molecule has 132 valence electrons. The lowest BCUT2D eigenvalue weighted by atomic mass is 9.71. The summed E-state index contributed by atoms with van der Waals surface area (Å²) in [6.07, 6.45) is 7.11. The minimum Gasteiger partial charge on any atom is -0.388 e. The molecule has 1 unspecified atom stereocenters. The molecular formula is C24H25NS. The third-order valence-corrected chi connectivity index (χ3v) is 5.84. The van der Waals surface area contributed by atoms with E-state index in [1.54, 1.807) is 11.3 Å². The smallest absolute Gasteiger partial charge is 0.0385 e. The van der Waals surface area contributed by atoms with Gasteiger partial charge in [-0.05, 0) is 51.9 Å². The van der Waals surface area contributed by atoms with E-state index in [-0.39, 0.29) is 5.41 Å². The molecule has 0 amide bonds. The van der Waals surface area contributed by atoms with E-state index in [0.717, 1.165) is 17.7 Å². The number of rotatable bonds is 7. The highest BCUT2D eigenvalue weighted by Gasteiger charge is 2.31. The molecule has 1 heterocycles. The Morgan fingerprint density at radius 1 is 1.15 bits per heavy atom. The second kappa shape index (κ2) is 7.76. The molecule has 0 saturated heterocycles. The lowest BCUT2D eigenvalue weighted by Crippen LogP contribution is -2.24. The maximum Gasteiger partial charge on any atom is 0.0385 e. The van der Waals surface area contributed by atoms with Crippen molar-refractivity contribution in [3.8, 4) is 0 Å². The summed E-state index contributed by atoms with van der Waals surface area (Å²) in [5.74, 6) is 0. The van der Waals surface area contributed by atoms with Gasteiger partial charge < -0.3 is 5.32 Å². The molecule has 0 bridgehead atoms. The Balaban J connectivity index is 2.16. The van der Waals surface area contributed by atoms with Crippen molar-refractivity contribution in [1.82, 2.24) is 0 Å². The monoisotopic (exact) mass is 359 g/mol. The van der Waals surface area contributed by atoms with Crippen LogP contribution in [0.2, 0.25) is 0 Å². The maximum atomic E-state index is 4.45. The van der Waals surface area contributed by atoms with Gasteiger partial charge in [0.25, 0.3) is 0 Å². The average molecular weight is 360 g/mol. The molecule has 1 N–H and O–H groups in total. The van der Waals surface area contributed by atoms with Crippen LogP contribution in [0.25, 0.3) is 16.8 Å². The zero-order valence-corrected chi connectivity index (χ0v) is 16.3. The first kappa shape index (κ1) is 18.2. The summed E-state index contributed by atoms with van der Waals surface area (Å²) in [5.41, 5.74) is 3.26. The van der Waals surface area contributed by atoms with Gasteiger partial charge in [0, 0.05) is 23.0 Å². The third kappa shape index (κ3) is 3.38. The molecule has 2 aromatic carbocycles. The van der Waals surface area contributed by atoms with E-state index in [4.69, 9.17) is 0 Å². The molecule has 26 heavy (non-hydrogen) atoms. The van der Waals surface area contributed by atoms with Gasteiger partial charge in [-0.1, -0.05) is 62.1 Å². The number of hydrogen-bond acceptors (Lipinski definition) is 2. The molecule has 3 rings (SSSR count). The molecule has 0 fully saturated rings. The highest BCUT2D eigenvalue weighted by molar-refractivity contribution is 7.10. The normalized spacial score (nSPS) is 13.6. The standard InChI is InChI=1S/C24H25NS/c1-5-16-24(3,18(2)12-14-20-10-8-17-26-20)23-21-11-7-6-9-19(21)13-15-22(23)25-4/h5-15,17,25H,1-2,16H2,3-4H3/b14-12+. The van der Waals surface area contributed by atoms with Gasteiger partial charge in [-0.15, -0.1) is 17.9 Å². The zero-order chi connectivity index (χ0) is 18.6. The van der Waals surface area contributed by atoms with Gasteiger partial charge >= 0.3 is 0 Å². The van der Waals surface area contributed by atoms with Crippen LogP contribution in [-0.2, 0) is 5.41 Å². The van der Waals surface area contributed by atoms with E-state index in [2.05, 4.69) is 91.5 Å². The summed E-state index contributed by atoms with van der Waals surface area (Å²) < 4.78 is 0. The molecule has 0 aliphatic carbocycles. The number of hydrogen-bond donors (Lipinski definition) is 1. The Labute approximate surface area is 160 Å². The van der Waals surface area contributed by atoms with Crippen molar-refractivity contribution in [2.24, 2.45) is 0 Å². The molecule has 0 aliphatic heterocycles. The number of benzene rings is 2. The predicted molar refractivity (Wildman–Crippen MR) is 118 cm³/mol.